The summed E-state index contributed by atoms with van der Waals surface area (Å²) in [5, 5.41) is 3.98. The Bertz CT molecular complexity index is 1050. The molecule has 0 amide bonds. The first kappa shape index (κ1) is 22.2. The molecule has 0 radical (unpaired) electrons. The number of rotatable bonds is 3. The average Bonchev–Trinajstić information content (AvgIpc) is 2.59. The van der Waals surface area contributed by atoms with Gasteiger partial charge in [-0.15, -0.1) is 0 Å². The van der Waals surface area contributed by atoms with Gasteiger partial charge in [0, 0.05) is 20.2 Å². The molecule has 1 aromatic heterocycles. The number of hydroxylamine groups is 2. The third-order valence-electron chi connectivity index (χ3n) is 3.69. The monoisotopic (exact) mass is 456 g/mol. The number of halogens is 5. The van der Waals surface area contributed by atoms with Crippen molar-refractivity contribution in [1.82, 2.24) is 14.2 Å². The Kier molecular flexibility index (Phi) is 6.44. The van der Waals surface area contributed by atoms with Gasteiger partial charge in [-0.2, -0.15) is 13.2 Å². The van der Waals surface area contributed by atoms with Crippen molar-refractivity contribution in [2.24, 2.45) is 7.05 Å². The number of nitrogens with one attached hydrogen (secondary N) is 1. The van der Waals surface area contributed by atoms with Crippen molar-refractivity contribution in [1.29, 1.82) is 0 Å². The van der Waals surface area contributed by atoms with E-state index < -0.39 is 23.1 Å². The fourth-order valence-electron chi connectivity index (χ4n) is 2.20. The van der Waals surface area contributed by atoms with Crippen molar-refractivity contribution < 1.29 is 18.0 Å². The van der Waals surface area contributed by atoms with Gasteiger partial charge in [0.15, 0.2) is 5.11 Å². The summed E-state index contributed by atoms with van der Waals surface area (Å²) in [5.41, 5.74) is -3.83. The van der Waals surface area contributed by atoms with Gasteiger partial charge in [0.05, 0.1) is 28.5 Å². The van der Waals surface area contributed by atoms with Crippen molar-refractivity contribution in [3.8, 4) is 5.69 Å². The molecule has 0 unspecified atom stereocenters. The first-order valence-electron chi connectivity index (χ1n) is 7.37. The topological polar surface area (TPSA) is 68.5 Å². The quantitative estimate of drug-likeness (QED) is 0.565. The summed E-state index contributed by atoms with van der Waals surface area (Å²) in [6.07, 6.45) is -4.88. The molecule has 2 aromatic rings. The van der Waals surface area contributed by atoms with Crippen molar-refractivity contribution in [3.05, 3.63) is 54.8 Å². The molecule has 0 atom stereocenters. The van der Waals surface area contributed by atoms with Crippen LogP contribution >= 0.6 is 35.4 Å². The Balaban J connectivity index is 2.68. The van der Waals surface area contributed by atoms with Gasteiger partial charge in [-0.1, -0.05) is 23.2 Å². The minimum absolute atomic E-state index is 0.0883. The van der Waals surface area contributed by atoms with Crippen LogP contribution in [0.2, 0.25) is 10.0 Å². The molecule has 0 aliphatic heterocycles. The van der Waals surface area contributed by atoms with Gasteiger partial charge in [0.1, 0.15) is 5.69 Å². The lowest BCUT2D eigenvalue weighted by Crippen LogP contribution is -2.40. The Morgan fingerprint density at radius 2 is 1.82 bits per heavy atom. The average molecular weight is 457 g/mol. The summed E-state index contributed by atoms with van der Waals surface area (Å²) in [7, 11) is 3.78. The number of thiocarbonyl (C=S) groups is 1. The maximum Gasteiger partial charge on any atom is 0.431 e. The van der Waals surface area contributed by atoms with E-state index in [9.17, 15) is 22.8 Å². The lowest BCUT2D eigenvalue weighted by Gasteiger charge is -2.20. The number of hydrogen-bond donors (Lipinski definition) is 1. The third-order valence-corrected chi connectivity index (χ3v) is 4.66. The van der Waals surface area contributed by atoms with Crippen molar-refractivity contribution in [2.75, 3.05) is 19.5 Å². The van der Waals surface area contributed by atoms with E-state index in [-0.39, 0.29) is 26.5 Å². The molecule has 0 saturated carbocycles. The van der Waals surface area contributed by atoms with Crippen LogP contribution in [0.1, 0.15) is 5.69 Å². The van der Waals surface area contributed by atoms with E-state index in [2.05, 4.69) is 5.32 Å². The molecule has 0 bridgehead atoms. The molecule has 1 aromatic carbocycles. The van der Waals surface area contributed by atoms with Crippen LogP contribution in [-0.2, 0) is 18.1 Å². The van der Waals surface area contributed by atoms with Crippen molar-refractivity contribution in [2.45, 2.75) is 6.18 Å². The van der Waals surface area contributed by atoms with E-state index >= 15 is 0 Å². The Morgan fingerprint density at radius 1 is 1.21 bits per heavy atom. The molecule has 0 fully saturated rings. The number of benzene rings is 1. The van der Waals surface area contributed by atoms with Gasteiger partial charge >= 0.3 is 11.9 Å². The lowest BCUT2D eigenvalue weighted by atomic mass is 10.2. The normalized spacial score (nSPS) is 11.4. The zero-order valence-corrected chi connectivity index (χ0v) is 16.9. The molecule has 1 N–H and O–H groups in total. The maximum absolute atomic E-state index is 13.0. The predicted octanol–water partition coefficient (Wildman–Crippen LogP) is 3.05. The summed E-state index contributed by atoms with van der Waals surface area (Å²) in [6, 6.07) is 2.75. The number of anilines is 1. The molecule has 0 saturated heterocycles. The minimum Gasteiger partial charge on any atom is -0.330 e. The van der Waals surface area contributed by atoms with Crippen LogP contribution in [0.3, 0.4) is 0 Å². The van der Waals surface area contributed by atoms with Crippen molar-refractivity contribution in [3.63, 3.8) is 0 Å². The van der Waals surface area contributed by atoms with Gasteiger partial charge in [0.2, 0.25) is 0 Å². The Hall–Kier alpha value is -2.08. The first-order valence-corrected chi connectivity index (χ1v) is 8.53. The maximum atomic E-state index is 13.0. The fourth-order valence-corrected chi connectivity index (χ4v) is 2.90. The Morgan fingerprint density at radius 3 is 2.36 bits per heavy atom. The standard InChI is InChI=1S/C15H13Cl2F3N4O3S/c1-22-11(15(18,19)20)6-12(25)24(14(22)26)10-5-9(7(16)4-8(10)17)21-13(28)23(2)27-3/h4-6H,1-3H3,(H,21,28). The van der Waals surface area contributed by atoms with E-state index in [0.29, 0.717) is 15.2 Å². The van der Waals surface area contributed by atoms with Gasteiger partial charge in [-0.25, -0.2) is 14.4 Å². The van der Waals surface area contributed by atoms with Gasteiger partial charge in [0.25, 0.3) is 5.56 Å². The summed E-state index contributed by atoms with van der Waals surface area (Å²) in [4.78, 5) is 29.6. The van der Waals surface area contributed by atoms with Crippen LogP contribution in [0, 0.1) is 0 Å². The molecule has 2 rings (SSSR count). The van der Waals surface area contributed by atoms with Gasteiger partial charge in [-0.05, 0) is 24.4 Å². The highest BCUT2D eigenvalue weighted by Crippen LogP contribution is 2.31. The van der Waals surface area contributed by atoms with E-state index in [1.54, 1.807) is 0 Å². The van der Waals surface area contributed by atoms with E-state index in [4.69, 9.17) is 40.3 Å². The highest BCUT2D eigenvalue weighted by molar-refractivity contribution is 7.80. The second-order valence-electron chi connectivity index (χ2n) is 5.44. The van der Waals surface area contributed by atoms with Crippen LogP contribution in [0.4, 0.5) is 18.9 Å². The first-order chi connectivity index (χ1) is 12.9. The van der Waals surface area contributed by atoms with Crippen LogP contribution in [0.15, 0.2) is 27.8 Å². The van der Waals surface area contributed by atoms with Crippen molar-refractivity contribution >= 4 is 46.2 Å². The molecular formula is C15H13Cl2F3N4O3S. The highest BCUT2D eigenvalue weighted by atomic mass is 35.5. The minimum atomic E-state index is -4.88. The van der Waals surface area contributed by atoms with E-state index in [1.165, 1.54) is 31.4 Å². The third kappa shape index (κ3) is 4.32. The van der Waals surface area contributed by atoms with Crippen LogP contribution in [-0.4, -0.2) is 33.5 Å². The molecule has 152 valence electrons. The largest absolute Gasteiger partial charge is 0.431 e. The van der Waals surface area contributed by atoms with E-state index in [1.807, 2.05) is 0 Å². The SMILES string of the molecule is CON(C)C(=S)Nc1cc(-n2c(=O)cc(C(F)(F)F)n(C)c2=O)c(Cl)cc1Cl. The smallest absolute Gasteiger partial charge is 0.330 e. The number of alkyl halides is 3. The van der Waals surface area contributed by atoms with Crippen LogP contribution < -0.4 is 16.6 Å². The second kappa shape index (κ2) is 8.11. The molecule has 1 heterocycles. The number of nitrogens with zero attached hydrogens (tertiary/aromatic N) is 3. The van der Waals surface area contributed by atoms with Crippen LogP contribution in [0.5, 0.6) is 0 Å². The lowest BCUT2D eigenvalue weighted by molar-refractivity contribution is -0.144. The van der Waals surface area contributed by atoms with E-state index in [0.717, 1.165) is 7.05 Å². The molecule has 13 heteroatoms. The zero-order valence-electron chi connectivity index (χ0n) is 14.6. The summed E-state index contributed by atoms with van der Waals surface area (Å²) < 4.78 is 39.8. The second-order valence-corrected chi connectivity index (χ2v) is 6.64. The molecule has 28 heavy (non-hydrogen) atoms. The molecule has 0 aliphatic rings. The molecular weight excluding hydrogens is 444 g/mol. The number of hydrogen-bond acceptors (Lipinski definition) is 4. The molecule has 7 nitrogen and oxygen atoms in total. The summed E-state index contributed by atoms with van der Waals surface area (Å²) in [6.45, 7) is 0. The fraction of sp³-hybridized carbons (Fsp3) is 0.267. The predicted molar refractivity (Wildman–Crippen MR) is 103 cm³/mol. The van der Waals surface area contributed by atoms with Crippen LogP contribution in [0.25, 0.3) is 5.69 Å². The van der Waals surface area contributed by atoms with Gasteiger partial charge in [-0.3, -0.25) is 14.2 Å². The number of aromatic nitrogens is 2. The van der Waals surface area contributed by atoms with Gasteiger partial charge < -0.3 is 5.32 Å². The Labute approximate surface area is 171 Å². The zero-order chi connectivity index (χ0) is 21.4. The highest BCUT2D eigenvalue weighted by Gasteiger charge is 2.35. The summed E-state index contributed by atoms with van der Waals surface area (Å²) in [5.74, 6) is 0. The molecule has 0 aliphatic carbocycles. The molecule has 0 spiro atoms. The summed E-state index contributed by atoms with van der Waals surface area (Å²) >= 11 is 17.2.